The van der Waals surface area contributed by atoms with Gasteiger partial charge in [0.1, 0.15) is 0 Å². The first kappa shape index (κ1) is 25.1. The molecule has 0 amide bonds. The Balaban J connectivity index is 0.00000364. The number of hydrogen-bond donors (Lipinski definition) is 2. The van der Waals surface area contributed by atoms with E-state index in [1.165, 1.54) is 25.7 Å². The highest BCUT2D eigenvalue weighted by Gasteiger charge is 2.37. The number of hydrogen-bond acceptors (Lipinski definition) is 3. The van der Waals surface area contributed by atoms with Crippen LogP contribution in [0, 0.1) is 5.92 Å². The second kappa shape index (κ2) is 12.0. The second-order valence-corrected chi connectivity index (χ2v) is 10.6. The van der Waals surface area contributed by atoms with E-state index in [2.05, 4.69) is 41.5 Å². The molecular weight excluding hydrogens is 471 g/mol. The van der Waals surface area contributed by atoms with Crippen LogP contribution in [0.1, 0.15) is 65.2 Å². The Kier molecular flexibility index (Phi) is 11.1. The molecule has 5 nitrogen and oxygen atoms in total. The van der Waals surface area contributed by atoms with Crippen molar-refractivity contribution in [3.05, 3.63) is 0 Å². The summed E-state index contributed by atoms with van der Waals surface area (Å²) in [5, 5.41) is 7.56. The molecule has 2 fully saturated rings. The predicted octanol–water partition coefficient (Wildman–Crippen LogP) is 3.36. The van der Waals surface area contributed by atoms with Crippen molar-refractivity contribution in [2.45, 2.75) is 82.0 Å². The van der Waals surface area contributed by atoms with Crippen LogP contribution in [0.5, 0.6) is 0 Å². The van der Waals surface area contributed by atoms with Gasteiger partial charge in [-0.05, 0) is 52.1 Å². The van der Waals surface area contributed by atoms with E-state index in [0.717, 1.165) is 49.9 Å². The monoisotopic (exact) mass is 512 g/mol. The van der Waals surface area contributed by atoms with Crippen LogP contribution >= 0.6 is 24.0 Å². The molecule has 0 spiro atoms. The zero-order valence-corrected chi connectivity index (χ0v) is 21.1. The Bertz CT molecular complexity index is 502. The Morgan fingerprint density at radius 2 is 2.00 bits per heavy atom. The van der Waals surface area contributed by atoms with Crippen LogP contribution in [0.4, 0.5) is 0 Å². The van der Waals surface area contributed by atoms with Gasteiger partial charge >= 0.3 is 0 Å². The molecule has 0 radical (unpaired) electrons. The molecule has 2 rings (SSSR count). The average Bonchev–Trinajstić information content (AvgIpc) is 2.64. The van der Waals surface area contributed by atoms with E-state index in [1.54, 1.807) is 0 Å². The first-order valence-corrected chi connectivity index (χ1v) is 11.8. The van der Waals surface area contributed by atoms with E-state index in [-0.39, 0.29) is 29.5 Å². The molecule has 0 aliphatic heterocycles. The van der Waals surface area contributed by atoms with Gasteiger partial charge in [-0.15, -0.1) is 24.0 Å². The Labute approximate surface area is 186 Å². The molecule has 2 aliphatic carbocycles. The third-order valence-corrected chi connectivity index (χ3v) is 8.19. The van der Waals surface area contributed by atoms with Crippen molar-refractivity contribution < 1.29 is 4.21 Å². The molecule has 0 saturated heterocycles. The first-order valence-electron chi connectivity index (χ1n) is 10.4. The zero-order valence-electron chi connectivity index (χ0n) is 17.9. The van der Waals surface area contributed by atoms with Crippen LogP contribution in [0.3, 0.4) is 0 Å². The lowest BCUT2D eigenvalue weighted by molar-refractivity contribution is 0.0795. The largest absolute Gasteiger partial charge is 0.355 e. The minimum absolute atomic E-state index is 0. The maximum atomic E-state index is 12.2. The zero-order chi connectivity index (χ0) is 19.2. The lowest BCUT2D eigenvalue weighted by atomic mass is 9.75. The summed E-state index contributed by atoms with van der Waals surface area (Å²) in [5.41, 5.74) is 0.216. The fourth-order valence-corrected chi connectivity index (χ4v) is 6.09. The van der Waals surface area contributed by atoms with Gasteiger partial charge in [-0.1, -0.05) is 33.1 Å². The number of nitrogens with zero attached hydrogens (tertiary/aromatic N) is 2. The SMILES string of the molecule is CCS(=O)C1CCCC(NC(=NC)NCC2(N(C)C)CCCC(C)C2)C1.I. The molecule has 2 aliphatic rings. The molecule has 0 aromatic rings. The molecule has 5 unspecified atom stereocenters. The Hall–Kier alpha value is 0.110. The third-order valence-electron chi connectivity index (χ3n) is 6.45. The third kappa shape index (κ3) is 7.14. The molecule has 0 heterocycles. The van der Waals surface area contributed by atoms with Crippen molar-refractivity contribution in [1.29, 1.82) is 0 Å². The summed E-state index contributed by atoms with van der Waals surface area (Å²) >= 11 is 0. The second-order valence-electron chi connectivity index (χ2n) is 8.55. The van der Waals surface area contributed by atoms with Crippen LogP contribution < -0.4 is 10.6 Å². The smallest absolute Gasteiger partial charge is 0.191 e. The number of likely N-dealkylation sites (N-methyl/N-ethyl adjacent to an activating group) is 1. The van der Waals surface area contributed by atoms with Crippen LogP contribution in [-0.4, -0.2) is 65.3 Å². The molecule has 7 heteroatoms. The average molecular weight is 513 g/mol. The van der Waals surface area contributed by atoms with Crippen molar-refractivity contribution in [1.82, 2.24) is 15.5 Å². The van der Waals surface area contributed by atoms with Gasteiger partial charge in [0.05, 0.1) is 0 Å². The van der Waals surface area contributed by atoms with E-state index >= 15 is 0 Å². The normalized spacial score (nSPS) is 33.3. The first-order chi connectivity index (χ1) is 12.4. The van der Waals surface area contributed by atoms with Gasteiger partial charge in [-0.25, -0.2) is 0 Å². The quantitative estimate of drug-likeness (QED) is 0.326. The van der Waals surface area contributed by atoms with Crippen LogP contribution in [0.2, 0.25) is 0 Å². The highest BCUT2D eigenvalue weighted by molar-refractivity contribution is 14.0. The molecule has 5 atom stereocenters. The number of nitrogens with one attached hydrogen (secondary N) is 2. The van der Waals surface area contributed by atoms with E-state index in [0.29, 0.717) is 11.3 Å². The Morgan fingerprint density at radius 1 is 1.26 bits per heavy atom. The molecule has 2 N–H and O–H groups in total. The molecule has 0 bridgehead atoms. The lowest BCUT2D eigenvalue weighted by Crippen LogP contribution is -2.57. The van der Waals surface area contributed by atoms with Gasteiger partial charge in [0.15, 0.2) is 5.96 Å². The van der Waals surface area contributed by atoms with Gasteiger partial charge in [-0.3, -0.25) is 9.20 Å². The predicted molar refractivity (Wildman–Crippen MR) is 129 cm³/mol. The van der Waals surface area contributed by atoms with Crippen molar-refractivity contribution in [3.8, 4) is 0 Å². The van der Waals surface area contributed by atoms with Crippen LogP contribution in [0.25, 0.3) is 0 Å². The van der Waals surface area contributed by atoms with Crippen molar-refractivity contribution in [2.75, 3.05) is 33.4 Å². The van der Waals surface area contributed by atoms with Crippen LogP contribution in [-0.2, 0) is 10.8 Å². The summed E-state index contributed by atoms with van der Waals surface area (Å²) in [6, 6.07) is 0.385. The van der Waals surface area contributed by atoms with Gasteiger partial charge in [0, 0.05) is 47.0 Å². The topological polar surface area (TPSA) is 56.7 Å². The number of halogens is 1. The molecule has 27 heavy (non-hydrogen) atoms. The summed E-state index contributed by atoms with van der Waals surface area (Å²) in [6.45, 7) is 5.33. The minimum Gasteiger partial charge on any atom is -0.355 e. The van der Waals surface area contributed by atoms with E-state index < -0.39 is 10.8 Å². The molecule has 160 valence electrons. The lowest BCUT2D eigenvalue weighted by Gasteiger charge is -2.45. The number of rotatable bonds is 6. The summed E-state index contributed by atoms with van der Waals surface area (Å²) < 4.78 is 12.2. The van der Waals surface area contributed by atoms with E-state index in [9.17, 15) is 4.21 Å². The van der Waals surface area contributed by atoms with Crippen molar-refractivity contribution in [2.24, 2.45) is 10.9 Å². The maximum Gasteiger partial charge on any atom is 0.191 e. The molecule has 0 aromatic carbocycles. The standard InChI is InChI=1S/C20H40N4OS.HI/c1-6-26(25)18-11-7-10-17(13-18)23-19(21-3)22-15-20(24(4)5)12-8-9-16(2)14-20;/h16-18H,6-15H2,1-5H3,(H2,21,22,23);1H. The molecule has 2 saturated carbocycles. The summed E-state index contributed by atoms with van der Waals surface area (Å²) in [6.07, 6.45) is 9.54. The van der Waals surface area contributed by atoms with E-state index in [4.69, 9.17) is 0 Å². The highest BCUT2D eigenvalue weighted by Crippen LogP contribution is 2.35. The molecule has 0 aromatic heterocycles. The Morgan fingerprint density at radius 3 is 2.59 bits per heavy atom. The summed E-state index contributed by atoms with van der Waals surface area (Å²) in [5.74, 6) is 2.46. The van der Waals surface area contributed by atoms with Gasteiger partial charge in [0.25, 0.3) is 0 Å². The van der Waals surface area contributed by atoms with Gasteiger partial charge in [-0.2, -0.15) is 0 Å². The fourth-order valence-electron chi connectivity index (χ4n) is 4.74. The number of aliphatic imine (C=N–C) groups is 1. The van der Waals surface area contributed by atoms with Crippen molar-refractivity contribution >= 4 is 40.7 Å². The number of guanidine groups is 1. The van der Waals surface area contributed by atoms with Gasteiger partial charge < -0.3 is 15.5 Å². The minimum atomic E-state index is -0.682. The van der Waals surface area contributed by atoms with E-state index in [1.807, 2.05) is 14.0 Å². The summed E-state index contributed by atoms with van der Waals surface area (Å²) in [7, 11) is 5.59. The fraction of sp³-hybridized carbons (Fsp3) is 0.950. The van der Waals surface area contributed by atoms with Crippen molar-refractivity contribution in [3.63, 3.8) is 0 Å². The van der Waals surface area contributed by atoms with Gasteiger partial charge in [0.2, 0.25) is 0 Å². The summed E-state index contributed by atoms with van der Waals surface area (Å²) in [4.78, 5) is 6.87. The highest BCUT2D eigenvalue weighted by atomic mass is 127. The van der Waals surface area contributed by atoms with Crippen LogP contribution in [0.15, 0.2) is 4.99 Å². The molecular formula is C20H41IN4OS. The maximum absolute atomic E-state index is 12.2.